The number of hydrogen-bond acceptors (Lipinski definition) is 0. The van der Waals surface area contributed by atoms with Crippen molar-refractivity contribution in [2.75, 3.05) is 0 Å². The zero-order valence-electron chi connectivity index (χ0n) is 12.7. The summed E-state index contributed by atoms with van der Waals surface area (Å²) in [6, 6.07) is 24.2. The van der Waals surface area contributed by atoms with Gasteiger partial charge >= 0.3 is 0 Å². The van der Waals surface area contributed by atoms with Crippen LogP contribution in [0.2, 0.25) is 0 Å². The molecule has 0 radical (unpaired) electrons. The van der Waals surface area contributed by atoms with Crippen molar-refractivity contribution in [3.63, 3.8) is 0 Å². The van der Waals surface area contributed by atoms with Gasteiger partial charge in [0, 0.05) is 9.89 Å². The molecule has 0 saturated carbocycles. The molecule has 0 aromatic heterocycles. The summed E-state index contributed by atoms with van der Waals surface area (Å²) in [5, 5.41) is 0. The van der Waals surface area contributed by atoms with Crippen LogP contribution in [0.1, 0.15) is 29.2 Å². The summed E-state index contributed by atoms with van der Waals surface area (Å²) in [5.41, 5.74) is 7.98. The van der Waals surface area contributed by atoms with E-state index < -0.39 is 0 Å². The summed E-state index contributed by atoms with van der Waals surface area (Å²) in [6.45, 7) is 4.48. The van der Waals surface area contributed by atoms with Gasteiger partial charge in [-0.1, -0.05) is 82.2 Å². The van der Waals surface area contributed by atoms with Crippen molar-refractivity contribution in [2.45, 2.75) is 19.3 Å². The quantitative estimate of drug-likeness (QED) is 0.498. The van der Waals surface area contributed by atoms with Gasteiger partial charge in [-0.15, -0.1) is 0 Å². The highest BCUT2D eigenvalue weighted by molar-refractivity contribution is 9.10. The average Bonchev–Trinajstić information content (AvgIpc) is 2.80. The Labute approximate surface area is 140 Å². The summed E-state index contributed by atoms with van der Waals surface area (Å²) < 4.78 is 1.18. The Bertz CT molecular complexity index is 861. The maximum Gasteiger partial charge on any atom is 0.0446 e. The van der Waals surface area contributed by atoms with Crippen molar-refractivity contribution >= 4 is 15.9 Å². The average molecular weight is 349 g/mol. The third kappa shape index (κ3) is 1.75. The lowest BCUT2D eigenvalue weighted by Gasteiger charge is -2.29. The van der Waals surface area contributed by atoms with Crippen molar-refractivity contribution < 1.29 is 0 Å². The molecule has 0 fully saturated rings. The van der Waals surface area contributed by atoms with E-state index in [-0.39, 0.29) is 5.41 Å². The normalized spacial score (nSPS) is 18.9. The number of fused-ring (bicyclic) bond motifs is 3. The van der Waals surface area contributed by atoms with Crippen molar-refractivity contribution in [1.29, 1.82) is 0 Å². The molecular formula is C21H17Br. The van der Waals surface area contributed by atoms with Gasteiger partial charge in [0.1, 0.15) is 0 Å². The Morgan fingerprint density at radius 3 is 2.23 bits per heavy atom. The number of aryl methyl sites for hydroxylation is 1. The summed E-state index contributed by atoms with van der Waals surface area (Å²) in [5.74, 6) is 0. The van der Waals surface area contributed by atoms with Crippen LogP contribution in [0.15, 0.2) is 71.2 Å². The monoisotopic (exact) mass is 348 g/mol. The first kappa shape index (κ1) is 13.8. The van der Waals surface area contributed by atoms with Crippen molar-refractivity contribution in [1.82, 2.24) is 0 Å². The zero-order valence-corrected chi connectivity index (χ0v) is 14.3. The fourth-order valence-corrected chi connectivity index (χ4v) is 4.49. The van der Waals surface area contributed by atoms with Crippen LogP contribution >= 0.6 is 15.9 Å². The van der Waals surface area contributed by atoms with Crippen LogP contribution in [-0.4, -0.2) is 0 Å². The fraction of sp³-hybridized carbons (Fsp3) is 0.143. The highest BCUT2D eigenvalue weighted by Gasteiger charge is 2.41. The van der Waals surface area contributed by atoms with Crippen LogP contribution in [0.4, 0.5) is 0 Å². The molecule has 0 spiro atoms. The summed E-state index contributed by atoms with van der Waals surface area (Å²) in [4.78, 5) is 0. The minimum Gasteiger partial charge on any atom is -0.0619 e. The molecule has 0 N–H and O–H groups in total. The molecule has 0 bridgehead atoms. The van der Waals surface area contributed by atoms with Crippen LogP contribution in [-0.2, 0) is 5.41 Å². The van der Waals surface area contributed by atoms with E-state index in [1.54, 1.807) is 0 Å². The van der Waals surface area contributed by atoms with E-state index in [4.69, 9.17) is 0 Å². The van der Waals surface area contributed by atoms with Gasteiger partial charge in [-0.25, -0.2) is 0 Å². The third-order valence-corrected chi connectivity index (χ3v) is 5.56. The molecule has 0 amide bonds. The van der Waals surface area contributed by atoms with E-state index in [1.807, 2.05) is 0 Å². The predicted octanol–water partition coefficient (Wildman–Crippen LogP) is 6.09. The van der Waals surface area contributed by atoms with Gasteiger partial charge in [-0.05, 0) is 47.7 Å². The van der Waals surface area contributed by atoms with E-state index in [1.165, 1.54) is 37.9 Å². The second kappa shape index (κ2) is 4.82. The molecule has 0 aliphatic heterocycles. The second-order valence-corrected chi connectivity index (χ2v) is 7.05. The molecule has 0 heterocycles. The lowest BCUT2D eigenvalue weighted by Crippen LogP contribution is -2.22. The van der Waals surface area contributed by atoms with Crippen LogP contribution in [0.3, 0.4) is 0 Å². The second-order valence-electron chi connectivity index (χ2n) is 6.20. The maximum atomic E-state index is 3.79. The first-order valence-electron chi connectivity index (χ1n) is 7.58. The molecule has 0 nitrogen and oxygen atoms in total. The van der Waals surface area contributed by atoms with Crippen LogP contribution in [0, 0.1) is 6.92 Å². The predicted molar refractivity (Wildman–Crippen MR) is 96.3 cm³/mol. The number of rotatable bonds is 1. The number of halogens is 1. The first-order chi connectivity index (χ1) is 10.6. The molecule has 0 saturated heterocycles. The van der Waals surface area contributed by atoms with Gasteiger partial charge < -0.3 is 0 Å². The minimum atomic E-state index is -0.111. The SMILES string of the molecule is Cc1ccc(C2(C)c3ccccc3-c3cccc(Br)c32)cc1. The molecule has 1 aliphatic carbocycles. The fourth-order valence-electron chi connectivity index (χ4n) is 3.73. The first-order valence-corrected chi connectivity index (χ1v) is 8.37. The van der Waals surface area contributed by atoms with E-state index >= 15 is 0 Å². The third-order valence-electron chi connectivity index (χ3n) is 4.90. The van der Waals surface area contributed by atoms with Gasteiger partial charge in [0.25, 0.3) is 0 Å². The number of benzene rings is 3. The molecule has 3 aromatic carbocycles. The van der Waals surface area contributed by atoms with Gasteiger partial charge in [0.05, 0.1) is 0 Å². The number of hydrogen-bond donors (Lipinski definition) is 0. The summed E-state index contributed by atoms with van der Waals surface area (Å²) in [7, 11) is 0. The Balaban J connectivity index is 2.10. The Morgan fingerprint density at radius 1 is 0.773 bits per heavy atom. The van der Waals surface area contributed by atoms with E-state index in [0.717, 1.165) is 0 Å². The van der Waals surface area contributed by atoms with Gasteiger partial charge in [-0.3, -0.25) is 0 Å². The van der Waals surface area contributed by atoms with E-state index in [0.29, 0.717) is 0 Å². The molecule has 1 atom stereocenters. The highest BCUT2D eigenvalue weighted by atomic mass is 79.9. The maximum absolute atomic E-state index is 3.79. The largest absolute Gasteiger partial charge is 0.0619 e. The van der Waals surface area contributed by atoms with Gasteiger partial charge in [0.15, 0.2) is 0 Å². The Hall–Kier alpha value is -1.86. The molecule has 1 unspecified atom stereocenters. The van der Waals surface area contributed by atoms with Crippen molar-refractivity contribution in [3.8, 4) is 11.1 Å². The van der Waals surface area contributed by atoms with Crippen molar-refractivity contribution in [3.05, 3.63) is 93.5 Å². The lowest BCUT2D eigenvalue weighted by atomic mass is 9.74. The smallest absolute Gasteiger partial charge is 0.0446 e. The summed E-state index contributed by atoms with van der Waals surface area (Å²) in [6.07, 6.45) is 0. The molecule has 1 aliphatic rings. The van der Waals surface area contributed by atoms with Crippen LogP contribution < -0.4 is 0 Å². The molecule has 108 valence electrons. The van der Waals surface area contributed by atoms with Crippen LogP contribution in [0.5, 0.6) is 0 Å². The topological polar surface area (TPSA) is 0 Å². The summed E-state index contributed by atoms with van der Waals surface area (Å²) >= 11 is 3.79. The lowest BCUT2D eigenvalue weighted by molar-refractivity contribution is 0.710. The Morgan fingerprint density at radius 2 is 1.45 bits per heavy atom. The standard InChI is InChI=1S/C21H17Br/c1-14-10-12-15(13-11-14)21(2)18-8-4-3-6-16(18)17-7-5-9-19(22)20(17)21/h3-13H,1-2H3. The zero-order chi connectivity index (χ0) is 15.3. The minimum absolute atomic E-state index is 0.111. The van der Waals surface area contributed by atoms with Crippen molar-refractivity contribution in [2.24, 2.45) is 0 Å². The molecule has 1 heteroatoms. The molecule has 3 aromatic rings. The van der Waals surface area contributed by atoms with Crippen LogP contribution in [0.25, 0.3) is 11.1 Å². The molecule has 22 heavy (non-hydrogen) atoms. The molecule has 4 rings (SSSR count). The van der Waals surface area contributed by atoms with E-state index in [9.17, 15) is 0 Å². The highest BCUT2D eigenvalue weighted by Crippen LogP contribution is 2.54. The van der Waals surface area contributed by atoms with E-state index in [2.05, 4.69) is 96.5 Å². The van der Waals surface area contributed by atoms with Gasteiger partial charge in [0.2, 0.25) is 0 Å². The van der Waals surface area contributed by atoms with Gasteiger partial charge in [-0.2, -0.15) is 0 Å². The molecular weight excluding hydrogens is 332 g/mol. The Kier molecular flexibility index (Phi) is 3.02.